The van der Waals surface area contributed by atoms with Gasteiger partial charge in [-0.05, 0) is 82.7 Å². The molecule has 5 rings (SSSR count). The highest BCUT2D eigenvalue weighted by Gasteiger charge is 2.33. The molecule has 3 aromatic carbocycles. The van der Waals surface area contributed by atoms with Crippen molar-refractivity contribution in [3.8, 4) is 5.75 Å². The van der Waals surface area contributed by atoms with Gasteiger partial charge in [-0.25, -0.2) is 4.99 Å². The summed E-state index contributed by atoms with van der Waals surface area (Å²) in [7, 11) is 0. The molecule has 0 aliphatic carbocycles. The van der Waals surface area contributed by atoms with E-state index in [1.54, 1.807) is 35.2 Å². The van der Waals surface area contributed by atoms with E-state index in [1.165, 1.54) is 23.9 Å². The average molecular weight is 689 g/mol. The minimum atomic E-state index is -0.467. The van der Waals surface area contributed by atoms with Crippen LogP contribution < -0.4 is 0 Å². The van der Waals surface area contributed by atoms with Crippen LogP contribution in [0.5, 0.6) is 5.75 Å². The van der Waals surface area contributed by atoms with E-state index in [1.807, 2.05) is 53.1 Å². The van der Waals surface area contributed by atoms with Crippen LogP contribution >= 0.6 is 50.3 Å². The maximum atomic E-state index is 13.5. The molecule has 1 saturated heterocycles. The number of non-ortho nitro benzene ring substituents is 1. The number of rotatable bonds is 6. The maximum absolute atomic E-state index is 13.5. The fraction of sp³-hybridized carbons (Fsp3) is 0.0769. The van der Waals surface area contributed by atoms with E-state index >= 15 is 0 Å². The number of amidine groups is 1. The summed E-state index contributed by atoms with van der Waals surface area (Å²) in [4.78, 5) is 34.0. The molecule has 0 radical (unpaired) electrons. The number of fused-ring (bicyclic) bond motifs is 1. The van der Waals surface area contributed by atoms with Crippen LogP contribution in [0.4, 0.5) is 11.4 Å². The lowest BCUT2D eigenvalue weighted by Crippen LogP contribution is -2.31. The van der Waals surface area contributed by atoms with Gasteiger partial charge in [0.1, 0.15) is 5.75 Å². The van der Waals surface area contributed by atoms with Gasteiger partial charge in [-0.2, -0.15) is 0 Å². The summed E-state index contributed by atoms with van der Waals surface area (Å²) >= 11 is 6.68. The fourth-order valence-corrected chi connectivity index (χ4v) is 6.52. The Balaban J connectivity index is 1.49. The number of phenols is 1. The van der Waals surface area contributed by atoms with Gasteiger partial charge in [0.15, 0.2) is 5.17 Å². The molecule has 0 unspecified atom stereocenters. The molecule has 1 aliphatic rings. The van der Waals surface area contributed by atoms with Gasteiger partial charge >= 0.3 is 0 Å². The van der Waals surface area contributed by atoms with E-state index in [4.69, 9.17) is 0 Å². The number of nitrogens with one attached hydrogen (secondary N) is 1. The zero-order chi connectivity index (χ0) is 26.1. The molecule has 0 atom stereocenters. The smallest absolute Gasteiger partial charge is 0.269 e. The Morgan fingerprint density at radius 3 is 2.70 bits per heavy atom. The highest BCUT2D eigenvalue weighted by atomic mass is 127. The third kappa shape index (κ3) is 5.43. The molecule has 0 spiro atoms. The van der Waals surface area contributed by atoms with Crippen LogP contribution in [0.1, 0.15) is 11.1 Å². The Hall–Kier alpha value is -3.16. The van der Waals surface area contributed by atoms with Gasteiger partial charge in [-0.3, -0.25) is 19.8 Å². The first-order valence-electron chi connectivity index (χ1n) is 11.1. The number of thioether (sulfide) groups is 1. The number of aromatic amines is 1. The van der Waals surface area contributed by atoms with E-state index in [0.717, 1.165) is 20.9 Å². The summed E-state index contributed by atoms with van der Waals surface area (Å²) in [5.41, 5.74) is 3.09. The Morgan fingerprint density at radius 1 is 1.19 bits per heavy atom. The number of benzene rings is 3. The van der Waals surface area contributed by atoms with Gasteiger partial charge in [0.05, 0.1) is 19.1 Å². The maximum Gasteiger partial charge on any atom is 0.269 e. The van der Waals surface area contributed by atoms with Gasteiger partial charge in [-0.1, -0.05) is 34.1 Å². The van der Waals surface area contributed by atoms with E-state index < -0.39 is 4.92 Å². The average Bonchev–Trinajstić information content (AvgIpc) is 3.41. The van der Waals surface area contributed by atoms with Gasteiger partial charge in [0, 0.05) is 45.8 Å². The van der Waals surface area contributed by atoms with Crippen molar-refractivity contribution in [1.82, 2.24) is 9.88 Å². The van der Waals surface area contributed by atoms with Crippen LogP contribution in [-0.2, 0) is 11.2 Å². The lowest BCUT2D eigenvalue weighted by molar-refractivity contribution is -0.384. The van der Waals surface area contributed by atoms with Crippen LogP contribution in [0.2, 0.25) is 0 Å². The third-order valence-corrected chi connectivity index (χ3v) is 8.08. The van der Waals surface area contributed by atoms with Crippen molar-refractivity contribution in [3.63, 3.8) is 0 Å². The van der Waals surface area contributed by atoms with Crippen molar-refractivity contribution in [3.05, 3.63) is 101 Å². The largest absolute Gasteiger partial charge is 0.506 e. The molecule has 1 aliphatic heterocycles. The molecule has 1 aromatic heterocycles. The highest BCUT2D eigenvalue weighted by molar-refractivity contribution is 14.1. The summed E-state index contributed by atoms with van der Waals surface area (Å²) in [6, 6.07) is 17.4. The molecule has 186 valence electrons. The van der Waals surface area contributed by atoms with E-state index in [-0.39, 0.29) is 17.3 Å². The van der Waals surface area contributed by atoms with E-state index in [9.17, 15) is 20.0 Å². The predicted molar refractivity (Wildman–Crippen MR) is 158 cm³/mol. The molecule has 2 heterocycles. The van der Waals surface area contributed by atoms with Crippen LogP contribution in [0.25, 0.3) is 17.0 Å². The summed E-state index contributed by atoms with van der Waals surface area (Å²) in [6.07, 6.45) is 4.21. The second kappa shape index (κ2) is 10.7. The van der Waals surface area contributed by atoms with Crippen LogP contribution in [0.3, 0.4) is 0 Å². The van der Waals surface area contributed by atoms with Crippen molar-refractivity contribution in [2.45, 2.75) is 6.42 Å². The summed E-state index contributed by atoms with van der Waals surface area (Å²) < 4.78 is 1.44. The van der Waals surface area contributed by atoms with Crippen LogP contribution in [-0.4, -0.2) is 37.5 Å². The Morgan fingerprint density at radius 2 is 1.95 bits per heavy atom. The molecule has 0 saturated carbocycles. The third-order valence-electron chi connectivity index (χ3n) is 5.80. The van der Waals surface area contributed by atoms with Gasteiger partial charge in [0.2, 0.25) is 0 Å². The Bertz CT molecular complexity index is 1600. The molecule has 2 N–H and O–H groups in total. The Kier molecular flexibility index (Phi) is 7.36. The number of phenolic OH excluding ortho intramolecular Hbond substituents is 1. The number of hydrogen-bond acceptors (Lipinski definition) is 6. The van der Waals surface area contributed by atoms with Gasteiger partial charge in [-0.15, -0.1) is 0 Å². The zero-order valence-corrected chi connectivity index (χ0v) is 23.6. The lowest BCUT2D eigenvalue weighted by Gasteiger charge is -2.15. The van der Waals surface area contributed by atoms with Crippen LogP contribution in [0, 0.1) is 13.7 Å². The number of hydrogen-bond donors (Lipinski definition) is 2. The number of carbonyl (C=O) groups excluding carboxylic acids is 1. The summed E-state index contributed by atoms with van der Waals surface area (Å²) in [5.74, 6) is -0.129. The number of para-hydroxylation sites is 1. The number of nitro groups is 1. The number of aromatic hydroxyl groups is 1. The van der Waals surface area contributed by atoms with Crippen molar-refractivity contribution >= 4 is 89.7 Å². The lowest BCUT2D eigenvalue weighted by atomic mass is 10.1. The fourth-order valence-electron chi connectivity index (χ4n) is 3.96. The molecule has 37 heavy (non-hydrogen) atoms. The SMILES string of the molecule is O=C1/C(=C\c2cc(Br)cc(I)c2O)SC(=Nc2ccc([N+](=O)[O-])cc2)N1CCc1c[nH]c2ccccc12. The molecule has 0 bridgehead atoms. The second-order valence-corrected chi connectivity index (χ2v) is 11.3. The quantitative estimate of drug-likeness (QED) is 0.0981. The zero-order valence-electron chi connectivity index (χ0n) is 19.0. The number of nitro benzene ring substituents is 1. The molecular weight excluding hydrogens is 671 g/mol. The summed E-state index contributed by atoms with van der Waals surface area (Å²) in [6.45, 7) is 0.388. The highest BCUT2D eigenvalue weighted by Crippen LogP contribution is 2.37. The normalized spacial score (nSPS) is 15.8. The number of H-pyrrole nitrogens is 1. The topological polar surface area (TPSA) is 112 Å². The minimum Gasteiger partial charge on any atom is -0.506 e. The number of nitrogens with zero attached hydrogens (tertiary/aromatic N) is 3. The first kappa shape index (κ1) is 25.5. The number of carbonyl (C=O) groups is 1. The standard InChI is InChI=1S/C26H18BrIN4O4S/c27-17-11-16(24(33)21(28)13-17)12-23-25(34)31(10-9-15-14-29-22-4-2-1-3-20(15)22)26(37-23)30-18-5-7-19(8-6-18)32(35)36/h1-8,11-14,29,33H,9-10H2/b23-12+,30-26?. The number of aromatic nitrogens is 1. The molecule has 1 fully saturated rings. The second-order valence-electron chi connectivity index (χ2n) is 8.17. The number of amides is 1. The monoisotopic (exact) mass is 688 g/mol. The molecule has 8 nitrogen and oxygen atoms in total. The van der Waals surface area contributed by atoms with Crippen molar-refractivity contribution in [1.29, 1.82) is 0 Å². The van der Waals surface area contributed by atoms with Crippen molar-refractivity contribution < 1.29 is 14.8 Å². The van der Waals surface area contributed by atoms with E-state index in [2.05, 4.69) is 25.9 Å². The molecule has 1 amide bonds. The minimum absolute atomic E-state index is 0.0318. The molecule has 11 heteroatoms. The summed E-state index contributed by atoms with van der Waals surface area (Å²) in [5, 5.41) is 23.1. The van der Waals surface area contributed by atoms with Gasteiger partial charge < -0.3 is 10.1 Å². The predicted octanol–water partition coefficient (Wildman–Crippen LogP) is 7.00. The van der Waals surface area contributed by atoms with Gasteiger partial charge in [0.25, 0.3) is 11.6 Å². The first-order valence-corrected chi connectivity index (χ1v) is 13.8. The molecule has 4 aromatic rings. The number of aliphatic imine (C=N–C) groups is 1. The van der Waals surface area contributed by atoms with E-state index in [0.29, 0.717) is 37.9 Å². The van der Waals surface area contributed by atoms with Crippen molar-refractivity contribution in [2.24, 2.45) is 4.99 Å². The Labute approximate surface area is 237 Å². The van der Waals surface area contributed by atoms with Crippen LogP contribution in [0.15, 0.2) is 81.2 Å². The number of halogens is 2. The molecular formula is C26H18BrIN4O4S. The first-order chi connectivity index (χ1) is 17.8. The van der Waals surface area contributed by atoms with Crippen molar-refractivity contribution in [2.75, 3.05) is 6.54 Å².